The summed E-state index contributed by atoms with van der Waals surface area (Å²) in [5.74, 6) is 0.258. The predicted molar refractivity (Wildman–Crippen MR) is 73.0 cm³/mol. The van der Waals surface area contributed by atoms with Gasteiger partial charge in [0, 0.05) is 20.1 Å². The number of anilines is 1. The maximum Gasteiger partial charge on any atom is 0.147 e. The number of H-pyrrole nitrogens is 1. The van der Waals surface area contributed by atoms with Crippen molar-refractivity contribution in [2.24, 2.45) is 0 Å². The van der Waals surface area contributed by atoms with Gasteiger partial charge in [-0.2, -0.15) is 10.4 Å². The average molecular weight is 287 g/mol. The third kappa shape index (κ3) is 2.45. The van der Waals surface area contributed by atoms with Gasteiger partial charge in [0.15, 0.2) is 0 Å². The van der Waals surface area contributed by atoms with Crippen LogP contribution in [0.1, 0.15) is 23.9 Å². The third-order valence-corrected chi connectivity index (χ3v) is 3.73. The largest absolute Gasteiger partial charge is 0.380 e. The van der Waals surface area contributed by atoms with E-state index in [0.29, 0.717) is 30.0 Å². The minimum Gasteiger partial charge on any atom is -0.380 e. The van der Waals surface area contributed by atoms with Crippen molar-refractivity contribution in [3.05, 3.63) is 41.7 Å². The van der Waals surface area contributed by atoms with Crippen LogP contribution in [0.5, 0.6) is 0 Å². The van der Waals surface area contributed by atoms with Crippen LogP contribution in [-0.2, 0) is 4.74 Å². The van der Waals surface area contributed by atoms with Crippen LogP contribution in [0.15, 0.2) is 24.5 Å². The number of hydrogen-bond acceptors (Lipinski definition) is 5. The number of nitriles is 1. The Morgan fingerprint density at radius 1 is 1.52 bits per heavy atom. The molecular weight excluding hydrogens is 273 g/mol. The van der Waals surface area contributed by atoms with E-state index < -0.39 is 5.82 Å². The molecule has 0 radical (unpaired) electrons. The molecule has 1 aliphatic rings. The number of hydrogen-bond donors (Lipinski definition) is 1. The number of nitrogens with zero attached hydrogens (tertiary/aromatic N) is 4. The molecule has 1 aromatic heterocycles. The van der Waals surface area contributed by atoms with E-state index in [4.69, 9.17) is 10.00 Å². The van der Waals surface area contributed by atoms with Gasteiger partial charge >= 0.3 is 0 Å². The molecule has 2 aromatic rings. The highest BCUT2D eigenvalue weighted by Gasteiger charge is 2.36. The summed E-state index contributed by atoms with van der Waals surface area (Å²) < 4.78 is 19.7. The molecule has 7 heteroatoms. The van der Waals surface area contributed by atoms with E-state index in [9.17, 15) is 4.39 Å². The van der Waals surface area contributed by atoms with Gasteiger partial charge in [-0.1, -0.05) is 0 Å². The number of halogens is 1. The quantitative estimate of drug-likeness (QED) is 0.931. The topological polar surface area (TPSA) is 77.8 Å². The molecule has 0 amide bonds. The summed E-state index contributed by atoms with van der Waals surface area (Å²) >= 11 is 0. The van der Waals surface area contributed by atoms with Crippen molar-refractivity contribution < 1.29 is 9.13 Å². The first-order chi connectivity index (χ1) is 10.2. The lowest BCUT2D eigenvalue weighted by molar-refractivity contribution is 0.118. The second-order valence-corrected chi connectivity index (χ2v) is 4.91. The van der Waals surface area contributed by atoms with Crippen LogP contribution in [0.3, 0.4) is 0 Å². The molecule has 6 nitrogen and oxygen atoms in total. The Balaban J connectivity index is 1.97. The maximum absolute atomic E-state index is 14.3. The highest BCUT2D eigenvalue weighted by atomic mass is 19.1. The minimum atomic E-state index is -0.421. The second kappa shape index (κ2) is 5.50. The Labute approximate surface area is 121 Å². The van der Waals surface area contributed by atoms with Crippen molar-refractivity contribution >= 4 is 5.69 Å². The van der Waals surface area contributed by atoms with Crippen molar-refractivity contribution in [1.29, 1.82) is 5.26 Å². The Morgan fingerprint density at radius 2 is 2.38 bits per heavy atom. The number of methoxy groups -OCH3 is 1. The molecule has 0 saturated carbocycles. The minimum absolute atomic E-state index is 0.00450. The first kappa shape index (κ1) is 13.5. The van der Waals surface area contributed by atoms with E-state index in [1.54, 1.807) is 19.2 Å². The molecule has 2 atom stereocenters. The van der Waals surface area contributed by atoms with Gasteiger partial charge in [0.2, 0.25) is 0 Å². The van der Waals surface area contributed by atoms with Crippen LogP contribution in [0.25, 0.3) is 0 Å². The summed E-state index contributed by atoms with van der Waals surface area (Å²) in [7, 11) is 1.64. The second-order valence-electron chi connectivity index (χ2n) is 4.91. The SMILES string of the molecule is CO[C@@H]1C[C@@H](c2ncn[nH]2)N(c2ccc(C#N)cc2F)C1. The van der Waals surface area contributed by atoms with Crippen LogP contribution >= 0.6 is 0 Å². The molecule has 1 aliphatic heterocycles. The van der Waals surface area contributed by atoms with Crippen molar-refractivity contribution in [2.45, 2.75) is 18.6 Å². The normalized spacial score (nSPS) is 21.5. The molecule has 1 aromatic carbocycles. The zero-order chi connectivity index (χ0) is 14.8. The van der Waals surface area contributed by atoms with Gasteiger partial charge in [-0.25, -0.2) is 9.37 Å². The molecule has 21 heavy (non-hydrogen) atoms. The number of aromatic amines is 1. The van der Waals surface area contributed by atoms with Crippen molar-refractivity contribution in [2.75, 3.05) is 18.6 Å². The average Bonchev–Trinajstić information content (AvgIpc) is 3.15. The molecule has 3 rings (SSSR count). The molecule has 0 aliphatic carbocycles. The lowest BCUT2D eigenvalue weighted by Gasteiger charge is -2.25. The van der Waals surface area contributed by atoms with Gasteiger partial charge in [-0.3, -0.25) is 5.10 Å². The third-order valence-electron chi connectivity index (χ3n) is 3.73. The maximum atomic E-state index is 14.3. The molecule has 0 unspecified atom stereocenters. The van der Waals surface area contributed by atoms with Crippen molar-refractivity contribution in [3.63, 3.8) is 0 Å². The number of rotatable bonds is 3. The Kier molecular flexibility index (Phi) is 3.54. The predicted octanol–water partition coefficient (Wildman–Crippen LogP) is 1.78. The first-order valence-electron chi connectivity index (χ1n) is 6.57. The van der Waals surface area contributed by atoms with Gasteiger partial charge in [-0.05, 0) is 18.2 Å². The summed E-state index contributed by atoms with van der Waals surface area (Å²) in [6.07, 6.45) is 2.13. The van der Waals surface area contributed by atoms with Crippen molar-refractivity contribution in [1.82, 2.24) is 15.2 Å². The molecular formula is C14H14FN5O. The highest BCUT2D eigenvalue weighted by Crippen LogP contribution is 2.37. The van der Waals surface area contributed by atoms with Crippen molar-refractivity contribution in [3.8, 4) is 6.07 Å². The van der Waals surface area contributed by atoms with Gasteiger partial charge in [0.05, 0.1) is 29.5 Å². The van der Waals surface area contributed by atoms with E-state index >= 15 is 0 Å². The standard InChI is InChI=1S/C14H14FN5O/c1-21-10-5-13(14-17-8-18-19-14)20(7-10)12-3-2-9(6-16)4-11(12)15/h2-4,8,10,13H,5,7H2,1H3,(H,17,18,19)/t10-,13+/m1/s1. The first-order valence-corrected chi connectivity index (χ1v) is 6.57. The van der Waals surface area contributed by atoms with Gasteiger partial charge in [0.1, 0.15) is 18.0 Å². The van der Waals surface area contributed by atoms with Gasteiger partial charge in [0.25, 0.3) is 0 Å². The molecule has 1 saturated heterocycles. The van der Waals surface area contributed by atoms with Crippen LogP contribution in [-0.4, -0.2) is 34.9 Å². The van der Waals surface area contributed by atoms with Gasteiger partial charge < -0.3 is 9.64 Å². The van der Waals surface area contributed by atoms with E-state index in [2.05, 4.69) is 15.2 Å². The van der Waals surface area contributed by atoms with Crippen LogP contribution < -0.4 is 4.90 Å². The fraction of sp³-hybridized carbons (Fsp3) is 0.357. The number of nitrogens with one attached hydrogen (secondary N) is 1. The van der Waals surface area contributed by atoms with Crippen LogP contribution in [0.2, 0.25) is 0 Å². The highest BCUT2D eigenvalue weighted by molar-refractivity contribution is 5.53. The zero-order valence-electron chi connectivity index (χ0n) is 11.5. The molecule has 0 spiro atoms. The summed E-state index contributed by atoms with van der Waals surface area (Å²) in [5, 5.41) is 15.5. The van der Waals surface area contributed by atoms with E-state index in [-0.39, 0.29) is 12.1 Å². The molecule has 108 valence electrons. The fourth-order valence-electron chi connectivity index (χ4n) is 2.68. The molecule has 0 bridgehead atoms. The van der Waals surface area contributed by atoms with E-state index in [1.807, 2.05) is 11.0 Å². The summed E-state index contributed by atoms with van der Waals surface area (Å²) in [4.78, 5) is 6.06. The monoisotopic (exact) mass is 287 g/mol. The number of aromatic nitrogens is 3. The molecule has 1 fully saturated rings. The smallest absolute Gasteiger partial charge is 0.147 e. The van der Waals surface area contributed by atoms with E-state index in [1.165, 1.54) is 12.4 Å². The van der Waals surface area contributed by atoms with Crippen LogP contribution in [0, 0.1) is 17.1 Å². The summed E-state index contributed by atoms with van der Waals surface area (Å²) in [6.45, 7) is 0.560. The Hall–Kier alpha value is -2.46. The number of ether oxygens (including phenoxy) is 1. The Bertz CT molecular complexity index is 666. The molecule has 1 N–H and O–H groups in total. The summed E-state index contributed by atoms with van der Waals surface area (Å²) in [5.41, 5.74) is 0.741. The number of benzene rings is 1. The van der Waals surface area contributed by atoms with Gasteiger partial charge in [-0.15, -0.1) is 0 Å². The molecule has 2 heterocycles. The lowest BCUT2D eigenvalue weighted by atomic mass is 10.1. The summed E-state index contributed by atoms with van der Waals surface area (Å²) in [6, 6.07) is 6.28. The van der Waals surface area contributed by atoms with E-state index in [0.717, 1.165) is 0 Å². The van der Waals surface area contributed by atoms with Crippen LogP contribution in [0.4, 0.5) is 10.1 Å². The Morgan fingerprint density at radius 3 is 3.00 bits per heavy atom. The fourth-order valence-corrected chi connectivity index (χ4v) is 2.68. The lowest BCUT2D eigenvalue weighted by Crippen LogP contribution is -2.26. The zero-order valence-corrected chi connectivity index (χ0v) is 11.5.